The minimum atomic E-state index is -2.03. The first-order valence-electron chi connectivity index (χ1n) is 8.68. The van der Waals surface area contributed by atoms with Gasteiger partial charge < -0.3 is 4.74 Å². The van der Waals surface area contributed by atoms with Crippen molar-refractivity contribution in [2.24, 2.45) is 11.8 Å². The summed E-state index contributed by atoms with van der Waals surface area (Å²) >= 11 is 38.5. The van der Waals surface area contributed by atoms with Crippen molar-refractivity contribution in [2.75, 3.05) is 6.61 Å². The summed E-state index contributed by atoms with van der Waals surface area (Å²) in [6, 6.07) is 6.36. The highest BCUT2D eigenvalue weighted by atomic mass is 35.5. The van der Waals surface area contributed by atoms with Gasteiger partial charge >= 0.3 is 0 Å². The second-order valence-electron chi connectivity index (χ2n) is 6.96. The lowest BCUT2D eigenvalue weighted by molar-refractivity contribution is -0.143. The number of para-hydroxylation sites is 1. The van der Waals surface area contributed by atoms with E-state index in [1.165, 1.54) is 6.07 Å². The largest absolute Gasteiger partial charge is 0.493 e. The van der Waals surface area contributed by atoms with Gasteiger partial charge in [0.05, 0.1) is 34.1 Å². The first-order chi connectivity index (χ1) is 14.0. The van der Waals surface area contributed by atoms with E-state index in [4.69, 9.17) is 74.3 Å². The number of rotatable bonds is 4. The third kappa shape index (κ3) is 2.44. The Morgan fingerprint density at radius 3 is 2.03 bits per heavy atom. The van der Waals surface area contributed by atoms with Crippen LogP contribution in [0.3, 0.4) is 0 Å². The minimum Gasteiger partial charge on any atom is -0.493 e. The van der Waals surface area contributed by atoms with Crippen LogP contribution >= 0.6 is 69.6 Å². The van der Waals surface area contributed by atoms with E-state index in [0.29, 0.717) is 11.6 Å². The summed E-state index contributed by atoms with van der Waals surface area (Å²) in [7, 11) is 0. The summed E-state index contributed by atoms with van der Waals surface area (Å²) in [5, 5.41) is 0.142. The van der Waals surface area contributed by atoms with E-state index in [0.717, 1.165) is 0 Å². The van der Waals surface area contributed by atoms with Gasteiger partial charge in [-0.15, -0.1) is 23.2 Å². The van der Waals surface area contributed by atoms with Gasteiger partial charge in [-0.1, -0.05) is 58.5 Å². The molecular weight excluding hydrogens is 521 g/mol. The highest BCUT2D eigenvalue weighted by molar-refractivity contribution is 6.66. The molecule has 3 amide bonds. The van der Waals surface area contributed by atoms with Crippen LogP contribution in [0.1, 0.15) is 17.3 Å². The molecule has 3 aliphatic rings. The highest BCUT2D eigenvalue weighted by Crippen LogP contribution is 2.77. The van der Waals surface area contributed by atoms with Crippen molar-refractivity contribution in [1.29, 1.82) is 0 Å². The summed E-state index contributed by atoms with van der Waals surface area (Å²) in [6.45, 7) is 2.07. The average Bonchev–Trinajstić information content (AvgIpc) is 3.07. The Hall–Kier alpha value is -0.890. The maximum atomic E-state index is 13.1. The van der Waals surface area contributed by atoms with Crippen LogP contribution in [-0.2, 0) is 9.59 Å². The molecule has 1 aromatic rings. The molecule has 1 saturated carbocycles. The Morgan fingerprint density at radius 1 is 1.03 bits per heavy atom. The van der Waals surface area contributed by atoms with Crippen LogP contribution in [-0.4, -0.2) is 43.4 Å². The normalized spacial score (nSPS) is 33.9. The van der Waals surface area contributed by atoms with Crippen molar-refractivity contribution >= 4 is 87.3 Å². The van der Waals surface area contributed by atoms with Gasteiger partial charge in [0.1, 0.15) is 15.5 Å². The molecule has 2 fully saturated rings. The van der Waals surface area contributed by atoms with Crippen molar-refractivity contribution in [3.63, 3.8) is 0 Å². The van der Waals surface area contributed by atoms with Crippen molar-refractivity contribution < 1.29 is 19.1 Å². The summed E-state index contributed by atoms with van der Waals surface area (Å²) in [5.41, 5.74) is 2.41. The van der Waals surface area contributed by atoms with Crippen molar-refractivity contribution in [3.8, 4) is 5.75 Å². The van der Waals surface area contributed by atoms with Crippen molar-refractivity contribution in [3.05, 3.63) is 39.9 Å². The fraction of sp³-hybridized carbons (Fsp3) is 0.389. The molecule has 0 radical (unpaired) electrons. The van der Waals surface area contributed by atoms with E-state index in [2.05, 4.69) is 5.43 Å². The number of allylic oxidation sites excluding steroid dienone is 2. The topological polar surface area (TPSA) is 75.7 Å². The number of amides is 3. The second kappa shape index (κ2) is 7.06. The van der Waals surface area contributed by atoms with E-state index in [9.17, 15) is 14.4 Å². The molecule has 1 aliphatic heterocycles. The molecule has 2 aliphatic carbocycles. The maximum Gasteiger partial charge on any atom is 0.274 e. The lowest BCUT2D eigenvalue weighted by Crippen LogP contribution is -2.54. The molecule has 1 N–H and O–H groups in total. The van der Waals surface area contributed by atoms with Gasteiger partial charge in [-0.2, -0.15) is 5.01 Å². The molecule has 2 bridgehead atoms. The van der Waals surface area contributed by atoms with Gasteiger partial charge in [0.15, 0.2) is 4.33 Å². The molecule has 6 nitrogen and oxygen atoms in total. The average molecular weight is 533 g/mol. The third-order valence-electron chi connectivity index (χ3n) is 5.55. The minimum absolute atomic E-state index is 0.124. The van der Waals surface area contributed by atoms with E-state index >= 15 is 0 Å². The zero-order valence-corrected chi connectivity index (χ0v) is 19.6. The summed E-state index contributed by atoms with van der Waals surface area (Å²) in [5.74, 6) is -4.80. The highest BCUT2D eigenvalue weighted by Gasteiger charge is 2.87. The van der Waals surface area contributed by atoms with Gasteiger partial charge in [-0.05, 0) is 19.1 Å². The molecule has 30 heavy (non-hydrogen) atoms. The van der Waals surface area contributed by atoms with Crippen LogP contribution in [0, 0.1) is 11.8 Å². The predicted octanol–water partition coefficient (Wildman–Crippen LogP) is 4.18. The van der Waals surface area contributed by atoms with Crippen molar-refractivity contribution in [2.45, 2.75) is 21.0 Å². The molecule has 0 aromatic heterocycles. The maximum absolute atomic E-state index is 13.1. The molecule has 4 rings (SSSR count). The number of carbonyl (C=O) groups excluding carboxylic acids is 3. The number of imide groups is 1. The number of nitrogens with zero attached hydrogens (tertiary/aromatic N) is 1. The number of carbonyl (C=O) groups is 3. The first kappa shape index (κ1) is 22.3. The van der Waals surface area contributed by atoms with Gasteiger partial charge in [-0.25, -0.2) is 0 Å². The van der Waals surface area contributed by atoms with Gasteiger partial charge in [0, 0.05) is 0 Å². The molecule has 1 aromatic carbocycles. The molecule has 12 heteroatoms. The molecule has 160 valence electrons. The van der Waals surface area contributed by atoms with Crippen LogP contribution in [0.15, 0.2) is 34.3 Å². The Bertz CT molecular complexity index is 984. The predicted molar refractivity (Wildman–Crippen MR) is 114 cm³/mol. The number of hydrogen-bond acceptors (Lipinski definition) is 4. The van der Waals surface area contributed by atoms with E-state index in [1.807, 2.05) is 0 Å². The van der Waals surface area contributed by atoms with Gasteiger partial charge in [-0.3, -0.25) is 19.8 Å². The smallest absolute Gasteiger partial charge is 0.274 e. The first-order valence-corrected chi connectivity index (χ1v) is 11.0. The van der Waals surface area contributed by atoms with Crippen LogP contribution in [0.25, 0.3) is 0 Å². The third-order valence-corrected chi connectivity index (χ3v) is 9.81. The monoisotopic (exact) mass is 530 g/mol. The number of nitrogens with one attached hydrogen (secondary N) is 1. The number of ether oxygens (including phenoxy) is 1. The van der Waals surface area contributed by atoms with Crippen LogP contribution in [0.5, 0.6) is 5.75 Å². The quantitative estimate of drug-likeness (QED) is 0.466. The molecule has 4 atom stereocenters. The number of fused-ring (bicyclic) bond motifs is 5. The number of benzene rings is 1. The summed E-state index contributed by atoms with van der Waals surface area (Å²) < 4.78 is 3.38. The lowest BCUT2D eigenvalue weighted by Gasteiger charge is -2.34. The SMILES string of the molecule is CCOc1ccccc1C(=O)NN1C(=O)[C@@H]2[C@H](C1=O)[C@]1(Cl)C(Cl)=C(Cl)[C@]2(Cl)C1(Cl)Cl. The fourth-order valence-corrected chi connectivity index (χ4v) is 7.13. The second-order valence-corrected chi connectivity index (χ2v) is 10.2. The molecule has 1 saturated heterocycles. The number of hydrogen-bond donors (Lipinski definition) is 1. The fourth-order valence-electron chi connectivity index (χ4n) is 4.20. The van der Waals surface area contributed by atoms with Crippen LogP contribution < -0.4 is 10.2 Å². The zero-order chi connectivity index (χ0) is 22.2. The van der Waals surface area contributed by atoms with E-state index < -0.39 is 43.6 Å². The zero-order valence-electron chi connectivity index (χ0n) is 15.0. The number of alkyl halides is 4. The van der Waals surface area contributed by atoms with Crippen LogP contribution in [0.4, 0.5) is 0 Å². The molecule has 0 spiro atoms. The molecule has 1 heterocycles. The number of hydrazine groups is 1. The molecule has 0 unspecified atom stereocenters. The summed E-state index contributed by atoms with van der Waals surface area (Å²) in [4.78, 5) is 35.2. The molecular formula is C18H12Cl6N2O4. The van der Waals surface area contributed by atoms with Gasteiger partial charge in [0.25, 0.3) is 17.7 Å². The summed E-state index contributed by atoms with van der Waals surface area (Å²) in [6.07, 6.45) is 0. The Labute approximate surface area is 201 Å². The van der Waals surface area contributed by atoms with Crippen molar-refractivity contribution in [1.82, 2.24) is 10.4 Å². The van der Waals surface area contributed by atoms with Gasteiger partial charge in [0.2, 0.25) is 0 Å². The Kier molecular flexibility index (Phi) is 5.25. The van der Waals surface area contributed by atoms with E-state index in [-0.39, 0.29) is 21.4 Å². The number of halogens is 6. The standard InChI is InChI=1S/C18H12Cl6N2O4/c1-2-30-8-6-4-3-5-7(8)13(27)25-26-14(28)9-10(15(26)29)17(22)12(20)11(19)16(9,21)18(17,23)24/h3-6,9-10H,2H2,1H3,(H,25,27)/t9-,10+,16-,17-/m0/s1. The lowest BCUT2D eigenvalue weighted by atomic mass is 9.84. The Morgan fingerprint density at radius 2 is 1.53 bits per heavy atom. The van der Waals surface area contributed by atoms with E-state index in [1.54, 1.807) is 25.1 Å². The van der Waals surface area contributed by atoms with Crippen LogP contribution in [0.2, 0.25) is 0 Å². The Balaban J connectivity index is 1.70.